The fourth-order valence-electron chi connectivity index (χ4n) is 5.44. The molecule has 0 aliphatic heterocycles. The number of allylic oxidation sites excluding steroid dienone is 1. The molecule has 0 amide bonds. The maximum absolute atomic E-state index is 4.23. The van der Waals surface area contributed by atoms with Gasteiger partial charge >= 0.3 is 0 Å². The molecule has 0 N–H and O–H groups in total. The fourth-order valence-corrected chi connectivity index (χ4v) is 5.44. The summed E-state index contributed by atoms with van der Waals surface area (Å²) in [5, 5.41) is 0. The third-order valence-corrected chi connectivity index (χ3v) is 6.14. The molecule has 3 fully saturated rings. The van der Waals surface area contributed by atoms with E-state index in [4.69, 9.17) is 0 Å². The lowest BCUT2D eigenvalue weighted by atomic mass is 9.49. The zero-order valence-corrected chi connectivity index (χ0v) is 10.4. The Kier molecular flexibility index (Phi) is 1.92. The lowest BCUT2D eigenvalue weighted by Crippen LogP contribution is -2.53. The Bertz CT molecular complexity index is 303. The van der Waals surface area contributed by atoms with Crippen LogP contribution in [0.5, 0.6) is 0 Å². The van der Waals surface area contributed by atoms with Crippen LogP contribution in [0.1, 0.15) is 46.5 Å². The standard InChI is InChI=1S/C15H24/c1-9(2)11-7-8-15(4)12-6-5-10(3)13(12)14(11)15/h10-14H,1,5-8H2,2-4H3/t10-,11-,12+,13-,14+,15-/m1/s1/i2+1,5+1,8+1. The van der Waals surface area contributed by atoms with E-state index < -0.39 is 0 Å². The van der Waals surface area contributed by atoms with Gasteiger partial charge in [0.15, 0.2) is 0 Å². The molecular weight excluding hydrogens is 183 g/mol. The van der Waals surface area contributed by atoms with Crippen LogP contribution in [0.2, 0.25) is 0 Å². The molecule has 6 atom stereocenters. The minimum atomic E-state index is 0.707. The van der Waals surface area contributed by atoms with Gasteiger partial charge in [0.1, 0.15) is 0 Å². The molecule has 0 aromatic rings. The van der Waals surface area contributed by atoms with Gasteiger partial charge in [-0.25, -0.2) is 0 Å². The molecule has 0 aromatic heterocycles. The zero-order chi connectivity index (χ0) is 10.8. The van der Waals surface area contributed by atoms with E-state index >= 15 is 0 Å². The molecule has 0 heteroatoms. The Balaban J connectivity index is 1.91. The van der Waals surface area contributed by atoms with Gasteiger partial charge in [0.25, 0.3) is 0 Å². The summed E-state index contributed by atoms with van der Waals surface area (Å²) < 4.78 is 0. The largest absolute Gasteiger partial charge is 0.0998 e. The summed E-state index contributed by atoms with van der Waals surface area (Å²) in [4.78, 5) is 0. The summed E-state index contributed by atoms with van der Waals surface area (Å²) >= 11 is 0. The van der Waals surface area contributed by atoms with Crippen LogP contribution in [0, 0.1) is 35.0 Å². The second-order valence-corrected chi connectivity index (χ2v) is 6.76. The molecule has 15 heavy (non-hydrogen) atoms. The van der Waals surface area contributed by atoms with Crippen LogP contribution in [-0.4, -0.2) is 0 Å². The van der Waals surface area contributed by atoms with Crippen LogP contribution in [0.3, 0.4) is 0 Å². The first-order chi connectivity index (χ1) is 7.05. The van der Waals surface area contributed by atoms with Crippen molar-refractivity contribution in [1.29, 1.82) is 0 Å². The average molecular weight is 207 g/mol. The predicted octanol–water partition coefficient (Wildman–Crippen LogP) is 4.27. The van der Waals surface area contributed by atoms with Gasteiger partial charge in [0, 0.05) is 0 Å². The average Bonchev–Trinajstić information content (AvgIpc) is 2.62. The van der Waals surface area contributed by atoms with E-state index in [0.29, 0.717) is 5.41 Å². The van der Waals surface area contributed by atoms with Crippen molar-refractivity contribution in [2.75, 3.05) is 0 Å². The van der Waals surface area contributed by atoms with Gasteiger partial charge < -0.3 is 0 Å². The Morgan fingerprint density at radius 3 is 2.67 bits per heavy atom. The highest BCUT2D eigenvalue weighted by atomic mass is 14.8. The predicted molar refractivity (Wildman–Crippen MR) is 64.5 cm³/mol. The molecule has 3 aliphatic carbocycles. The quantitative estimate of drug-likeness (QED) is 0.445. The number of fused-ring (bicyclic) bond motifs is 4. The van der Waals surface area contributed by atoms with Crippen molar-refractivity contribution in [3.8, 4) is 0 Å². The van der Waals surface area contributed by atoms with Crippen LogP contribution in [0.25, 0.3) is 0 Å². The normalized spacial score (nSPS) is 57.1. The topological polar surface area (TPSA) is 0 Å². The van der Waals surface area contributed by atoms with Gasteiger partial charge in [-0.3, -0.25) is 0 Å². The third-order valence-electron chi connectivity index (χ3n) is 6.14. The Morgan fingerprint density at radius 2 is 2.00 bits per heavy atom. The van der Waals surface area contributed by atoms with Crippen molar-refractivity contribution in [2.45, 2.75) is 46.5 Å². The number of hydrogen-bond donors (Lipinski definition) is 0. The smallest absolute Gasteiger partial charge is 0.0172 e. The van der Waals surface area contributed by atoms with E-state index in [1.807, 2.05) is 0 Å². The van der Waals surface area contributed by atoms with Gasteiger partial charge in [-0.05, 0) is 61.2 Å². The number of hydrogen-bond acceptors (Lipinski definition) is 0. The van der Waals surface area contributed by atoms with Gasteiger partial charge in [0.2, 0.25) is 0 Å². The summed E-state index contributed by atoms with van der Waals surface area (Å²) in [5.74, 6) is 4.98. The monoisotopic (exact) mass is 207 g/mol. The summed E-state index contributed by atoms with van der Waals surface area (Å²) in [6, 6.07) is 0. The van der Waals surface area contributed by atoms with Crippen LogP contribution in [0.4, 0.5) is 0 Å². The highest BCUT2D eigenvalue weighted by molar-refractivity contribution is 5.20. The van der Waals surface area contributed by atoms with Crippen LogP contribution < -0.4 is 0 Å². The summed E-state index contributed by atoms with van der Waals surface area (Å²) in [6.45, 7) is 11.5. The molecule has 0 aromatic carbocycles. The van der Waals surface area contributed by atoms with E-state index in [1.165, 1.54) is 31.3 Å². The first kappa shape index (κ1) is 9.93. The first-order valence-electron chi connectivity index (χ1n) is 6.71. The Labute approximate surface area is 94.1 Å². The lowest BCUT2D eigenvalue weighted by Gasteiger charge is -2.57. The highest BCUT2D eigenvalue weighted by Gasteiger charge is 2.66. The summed E-state index contributed by atoms with van der Waals surface area (Å²) in [5.41, 5.74) is 2.17. The SMILES string of the molecule is C=C([13CH3])[C@H]1C[13CH2][C@@]2(C)[C@@H]1[C@@H]1[C@H](C)[13CH2]C[C@@H]12. The molecule has 0 unspecified atom stereocenters. The molecule has 3 aliphatic rings. The van der Waals surface area contributed by atoms with Gasteiger partial charge in [-0.15, -0.1) is 0 Å². The molecule has 0 radical (unpaired) electrons. The van der Waals surface area contributed by atoms with E-state index in [0.717, 1.165) is 29.6 Å². The molecule has 84 valence electrons. The van der Waals surface area contributed by atoms with Crippen LogP contribution in [0.15, 0.2) is 12.2 Å². The first-order valence-corrected chi connectivity index (χ1v) is 6.71. The van der Waals surface area contributed by atoms with Gasteiger partial charge in [-0.2, -0.15) is 0 Å². The molecule has 0 saturated heterocycles. The van der Waals surface area contributed by atoms with E-state index in [2.05, 4.69) is 27.4 Å². The lowest BCUT2D eigenvalue weighted by molar-refractivity contribution is -0.0940. The molecular formula is C15H24. The summed E-state index contributed by atoms with van der Waals surface area (Å²) in [7, 11) is 0. The van der Waals surface area contributed by atoms with Crippen molar-refractivity contribution in [2.24, 2.45) is 35.0 Å². The van der Waals surface area contributed by atoms with E-state index in [-0.39, 0.29) is 0 Å². The Hall–Kier alpha value is -0.260. The Morgan fingerprint density at radius 1 is 1.27 bits per heavy atom. The van der Waals surface area contributed by atoms with Crippen molar-refractivity contribution in [3.05, 3.63) is 12.2 Å². The second-order valence-electron chi connectivity index (χ2n) is 6.76. The van der Waals surface area contributed by atoms with Crippen LogP contribution >= 0.6 is 0 Å². The third kappa shape index (κ3) is 1.04. The second kappa shape index (κ2) is 2.90. The molecule has 0 heterocycles. The van der Waals surface area contributed by atoms with Crippen molar-refractivity contribution >= 4 is 0 Å². The molecule has 3 saturated carbocycles. The van der Waals surface area contributed by atoms with E-state index in [9.17, 15) is 0 Å². The van der Waals surface area contributed by atoms with E-state index in [1.54, 1.807) is 0 Å². The zero-order valence-electron chi connectivity index (χ0n) is 10.4. The van der Waals surface area contributed by atoms with Crippen molar-refractivity contribution in [3.63, 3.8) is 0 Å². The van der Waals surface area contributed by atoms with Gasteiger partial charge in [-0.1, -0.05) is 32.4 Å². The minimum Gasteiger partial charge on any atom is -0.0998 e. The minimum absolute atomic E-state index is 0.707. The van der Waals surface area contributed by atoms with Crippen LogP contribution in [-0.2, 0) is 0 Å². The van der Waals surface area contributed by atoms with Crippen molar-refractivity contribution in [1.82, 2.24) is 0 Å². The molecule has 0 bridgehead atoms. The maximum atomic E-state index is 4.23. The van der Waals surface area contributed by atoms with Gasteiger partial charge in [0.05, 0.1) is 0 Å². The molecule has 0 nitrogen and oxygen atoms in total. The molecule has 0 spiro atoms. The highest BCUT2D eigenvalue weighted by Crippen LogP contribution is 2.73. The maximum Gasteiger partial charge on any atom is -0.0172 e. The molecule has 3 rings (SSSR count). The summed E-state index contributed by atoms with van der Waals surface area (Å²) in [6.07, 6.45) is 5.91. The van der Waals surface area contributed by atoms with Crippen molar-refractivity contribution < 1.29 is 0 Å². The number of rotatable bonds is 1. The fraction of sp³-hybridized carbons (Fsp3) is 0.867.